The highest BCUT2D eigenvalue weighted by Crippen LogP contribution is 2.31. The lowest BCUT2D eigenvalue weighted by Gasteiger charge is -2.18. The Morgan fingerprint density at radius 3 is 2.91 bits per heavy atom. The summed E-state index contributed by atoms with van der Waals surface area (Å²) in [6.07, 6.45) is 0.901. The highest BCUT2D eigenvalue weighted by atomic mass is 16.5. The first-order valence-electron chi connectivity index (χ1n) is 7.98. The number of aliphatic hydroxyl groups is 1. The summed E-state index contributed by atoms with van der Waals surface area (Å²) in [6.45, 7) is 2.66. The molecular weight excluding hydrogens is 290 g/mol. The lowest BCUT2D eigenvalue weighted by Crippen LogP contribution is -2.33. The average molecular weight is 311 g/mol. The Hall–Kier alpha value is -2.33. The third-order valence-corrected chi connectivity index (χ3v) is 4.06. The van der Waals surface area contributed by atoms with E-state index < -0.39 is 6.10 Å². The smallest absolute Gasteiger partial charge is 0.251 e. The minimum atomic E-state index is -0.587. The van der Waals surface area contributed by atoms with Crippen LogP contribution in [0.5, 0.6) is 5.75 Å². The summed E-state index contributed by atoms with van der Waals surface area (Å²) in [6, 6.07) is 14.6. The molecule has 0 saturated heterocycles. The van der Waals surface area contributed by atoms with E-state index in [1.807, 2.05) is 37.3 Å². The van der Waals surface area contributed by atoms with Crippen molar-refractivity contribution in [3.05, 3.63) is 65.2 Å². The predicted molar refractivity (Wildman–Crippen MR) is 88.6 cm³/mol. The van der Waals surface area contributed by atoms with Crippen molar-refractivity contribution in [1.82, 2.24) is 5.32 Å². The number of carbonyl (C=O) groups excluding carboxylic acids is 1. The lowest BCUT2D eigenvalue weighted by molar-refractivity contribution is 0.0858. The molecule has 0 spiro atoms. The molecule has 1 amide bonds. The average Bonchev–Trinajstić information content (AvgIpc) is 2.89. The summed E-state index contributed by atoms with van der Waals surface area (Å²) in [5.74, 6) is 0.486. The number of carbonyl (C=O) groups is 1. The van der Waals surface area contributed by atoms with Crippen molar-refractivity contribution in [1.29, 1.82) is 0 Å². The van der Waals surface area contributed by atoms with Gasteiger partial charge in [0.25, 0.3) is 5.91 Å². The van der Waals surface area contributed by atoms with Gasteiger partial charge < -0.3 is 15.2 Å². The molecule has 0 fully saturated rings. The molecule has 0 aromatic heterocycles. The van der Waals surface area contributed by atoms with E-state index >= 15 is 0 Å². The van der Waals surface area contributed by atoms with E-state index in [0.29, 0.717) is 24.3 Å². The molecule has 0 heterocycles. The minimum Gasteiger partial charge on any atom is -0.494 e. The van der Waals surface area contributed by atoms with Crippen molar-refractivity contribution in [3.8, 4) is 5.75 Å². The molecule has 4 heteroatoms. The van der Waals surface area contributed by atoms with Gasteiger partial charge in [0.2, 0.25) is 0 Å². The fourth-order valence-electron chi connectivity index (χ4n) is 2.92. The van der Waals surface area contributed by atoms with Crippen LogP contribution in [0.1, 0.15) is 40.9 Å². The normalized spacial score (nSPS) is 19.2. The van der Waals surface area contributed by atoms with Gasteiger partial charge in [-0.25, -0.2) is 0 Å². The van der Waals surface area contributed by atoms with Crippen LogP contribution in [0.4, 0.5) is 0 Å². The van der Waals surface area contributed by atoms with Crippen LogP contribution < -0.4 is 10.1 Å². The number of nitrogens with one attached hydrogen (secondary N) is 1. The van der Waals surface area contributed by atoms with Gasteiger partial charge in [-0.3, -0.25) is 4.79 Å². The first kappa shape index (κ1) is 15.6. The third kappa shape index (κ3) is 3.37. The molecule has 2 unspecified atom stereocenters. The van der Waals surface area contributed by atoms with E-state index in [4.69, 9.17) is 4.74 Å². The van der Waals surface area contributed by atoms with Crippen molar-refractivity contribution in [2.75, 3.05) is 6.61 Å². The molecule has 0 bridgehead atoms. The second-order valence-corrected chi connectivity index (χ2v) is 5.80. The Balaban J connectivity index is 1.74. The first-order chi connectivity index (χ1) is 11.2. The number of hydrogen-bond donors (Lipinski definition) is 2. The largest absolute Gasteiger partial charge is 0.494 e. The van der Waals surface area contributed by atoms with Crippen LogP contribution in [-0.4, -0.2) is 23.7 Å². The number of aliphatic hydroxyl groups excluding tert-OH is 1. The van der Waals surface area contributed by atoms with Crippen LogP contribution in [0.3, 0.4) is 0 Å². The zero-order valence-electron chi connectivity index (χ0n) is 13.2. The van der Waals surface area contributed by atoms with Crippen molar-refractivity contribution in [2.24, 2.45) is 0 Å². The fraction of sp³-hybridized carbons (Fsp3) is 0.316. The van der Waals surface area contributed by atoms with Gasteiger partial charge in [0.1, 0.15) is 5.75 Å². The molecule has 4 nitrogen and oxygen atoms in total. The van der Waals surface area contributed by atoms with Gasteiger partial charge >= 0.3 is 0 Å². The maximum absolute atomic E-state index is 12.5. The molecule has 2 aromatic rings. The second kappa shape index (κ2) is 6.84. The Labute approximate surface area is 136 Å². The van der Waals surface area contributed by atoms with Crippen LogP contribution in [0, 0.1) is 0 Å². The summed E-state index contributed by atoms with van der Waals surface area (Å²) in [4.78, 5) is 12.5. The zero-order valence-corrected chi connectivity index (χ0v) is 13.2. The van der Waals surface area contributed by atoms with Crippen LogP contribution in [-0.2, 0) is 6.42 Å². The van der Waals surface area contributed by atoms with Crippen molar-refractivity contribution in [2.45, 2.75) is 31.9 Å². The summed E-state index contributed by atoms with van der Waals surface area (Å²) in [5.41, 5.74) is 2.62. The van der Waals surface area contributed by atoms with Gasteiger partial charge in [-0.15, -0.1) is 0 Å². The SMILES string of the molecule is CCCOc1cccc(C(=O)NC2c3ccccc3CC2O)c1. The number of amides is 1. The number of benzene rings is 2. The molecule has 1 aliphatic rings. The van der Waals surface area contributed by atoms with Gasteiger partial charge in [0.15, 0.2) is 0 Å². The standard InChI is InChI=1S/C19H21NO3/c1-2-10-23-15-8-5-7-14(11-15)19(22)20-18-16-9-4-3-6-13(16)12-17(18)21/h3-9,11,17-18,21H,2,10,12H2,1H3,(H,20,22). The Morgan fingerprint density at radius 1 is 1.26 bits per heavy atom. The molecular formula is C19H21NO3. The fourth-order valence-corrected chi connectivity index (χ4v) is 2.92. The number of hydrogen-bond acceptors (Lipinski definition) is 3. The van der Waals surface area contributed by atoms with Crippen LogP contribution in [0.25, 0.3) is 0 Å². The second-order valence-electron chi connectivity index (χ2n) is 5.80. The lowest BCUT2D eigenvalue weighted by atomic mass is 10.1. The summed E-state index contributed by atoms with van der Waals surface area (Å²) < 4.78 is 5.56. The Morgan fingerprint density at radius 2 is 2.09 bits per heavy atom. The number of ether oxygens (including phenoxy) is 1. The van der Waals surface area contributed by atoms with E-state index in [0.717, 1.165) is 17.5 Å². The van der Waals surface area contributed by atoms with E-state index in [9.17, 15) is 9.90 Å². The monoisotopic (exact) mass is 311 g/mol. The maximum atomic E-state index is 12.5. The first-order valence-corrected chi connectivity index (χ1v) is 7.98. The number of fused-ring (bicyclic) bond motifs is 1. The van der Waals surface area contributed by atoms with E-state index in [2.05, 4.69) is 5.32 Å². The van der Waals surface area contributed by atoms with Gasteiger partial charge in [0.05, 0.1) is 18.8 Å². The molecule has 1 aliphatic carbocycles. The van der Waals surface area contributed by atoms with Gasteiger partial charge in [0, 0.05) is 12.0 Å². The minimum absolute atomic E-state index is 0.201. The van der Waals surface area contributed by atoms with Gasteiger partial charge in [-0.1, -0.05) is 37.3 Å². The maximum Gasteiger partial charge on any atom is 0.251 e. The third-order valence-electron chi connectivity index (χ3n) is 4.06. The molecule has 3 rings (SSSR count). The van der Waals surface area contributed by atoms with Gasteiger partial charge in [-0.05, 0) is 35.7 Å². The van der Waals surface area contributed by atoms with Crippen LogP contribution >= 0.6 is 0 Å². The van der Waals surface area contributed by atoms with Gasteiger partial charge in [-0.2, -0.15) is 0 Å². The van der Waals surface area contributed by atoms with E-state index in [1.165, 1.54) is 0 Å². The molecule has 0 aliphatic heterocycles. The van der Waals surface area contributed by atoms with Crippen LogP contribution in [0.15, 0.2) is 48.5 Å². The summed E-state index contributed by atoms with van der Waals surface area (Å²) in [7, 11) is 0. The van der Waals surface area contributed by atoms with E-state index in [-0.39, 0.29) is 11.9 Å². The Bertz CT molecular complexity index is 699. The summed E-state index contributed by atoms with van der Waals surface area (Å²) >= 11 is 0. The van der Waals surface area contributed by atoms with Crippen molar-refractivity contribution >= 4 is 5.91 Å². The highest BCUT2D eigenvalue weighted by molar-refractivity contribution is 5.95. The summed E-state index contributed by atoms with van der Waals surface area (Å²) in [5, 5.41) is 13.2. The van der Waals surface area contributed by atoms with E-state index in [1.54, 1.807) is 18.2 Å². The Kier molecular flexibility index (Phi) is 4.63. The molecule has 0 radical (unpaired) electrons. The van der Waals surface area contributed by atoms with Crippen molar-refractivity contribution < 1.29 is 14.6 Å². The molecule has 2 N–H and O–H groups in total. The van der Waals surface area contributed by atoms with Crippen molar-refractivity contribution in [3.63, 3.8) is 0 Å². The van der Waals surface area contributed by atoms with Crippen LogP contribution in [0.2, 0.25) is 0 Å². The molecule has 23 heavy (non-hydrogen) atoms. The highest BCUT2D eigenvalue weighted by Gasteiger charge is 2.32. The topological polar surface area (TPSA) is 58.6 Å². The zero-order chi connectivity index (χ0) is 16.2. The molecule has 2 aromatic carbocycles. The number of rotatable bonds is 5. The quantitative estimate of drug-likeness (QED) is 0.892. The molecule has 120 valence electrons. The molecule has 0 saturated carbocycles. The molecule has 2 atom stereocenters. The predicted octanol–water partition coefficient (Wildman–Crippen LogP) is 2.86.